The van der Waals surface area contributed by atoms with Crippen molar-refractivity contribution in [2.75, 3.05) is 38.6 Å². The number of aryl methyl sites for hydroxylation is 1. The lowest BCUT2D eigenvalue weighted by molar-refractivity contribution is 0.0374. The van der Waals surface area contributed by atoms with Gasteiger partial charge in [0.25, 0.3) is 0 Å². The molecule has 2 rings (SSSR count). The fraction of sp³-hybridized carbons (Fsp3) is 0.700. The third kappa shape index (κ3) is 3.39. The van der Waals surface area contributed by atoms with E-state index in [0.717, 1.165) is 51.5 Å². The van der Waals surface area contributed by atoms with Crippen molar-refractivity contribution < 1.29 is 4.74 Å². The summed E-state index contributed by atoms with van der Waals surface area (Å²) in [5.74, 6) is 1.08. The molecule has 2 heterocycles. The number of nitrogen functional groups attached to an aromatic ring is 1. The molecule has 1 aromatic rings. The first-order valence-electron chi connectivity index (χ1n) is 5.58. The summed E-state index contributed by atoms with van der Waals surface area (Å²) in [6.07, 6.45) is 3.36. The summed E-state index contributed by atoms with van der Waals surface area (Å²) in [6, 6.07) is 0. The molecule has 0 aromatic carbocycles. The highest BCUT2D eigenvalue weighted by atomic mass is 16.5. The smallest absolute Gasteiger partial charge is 0.223 e. The van der Waals surface area contributed by atoms with Gasteiger partial charge in [-0.1, -0.05) is 0 Å². The molecule has 0 atom stereocenters. The zero-order chi connectivity index (χ0) is 11.2. The van der Waals surface area contributed by atoms with Crippen molar-refractivity contribution in [1.82, 2.24) is 19.9 Å². The maximum absolute atomic E-state index is 5.48. The number of ether oxygens (including phenoxy) is 1. The molecule has 1 aromatic heterocycles. The third-order valence-corrected chi connectivity index (χ3v) is 2.62. The summed E-state index contributed by atoms with van der Waals surface area (Å²) in [6.45, 7) is 4.81. The second-order valence-corrected chi connectivity index (χ2v) is 3.82. The van der Waals surface area contributed by atoms with Gasteiger partial charge in [0.15, 0.2) is 0 Å². The number of nitrogens with zero attached hydrogens (tertiary/aromatic N) is 4. The summed E-state index contributed by atoms with van der Waals surface area (Å²) in [4.78, 5) is 14.3. The number of hydrogen-bond donors (Lipinski definition) is 1. The van der Waals surface area contributed by atoms with Crippen LogP contribution in [0.25, 0.3) is 0 Å². The van der Waals surface area contributed by atoms with Crippen molar-refractivity contribution in [1.29, 1.82) is 0 Å². The van der Waals surface area contributed by atoms with Gasteiger partial charge in [-0.25, -0.2) is 9.97 Å². The van der Waals surface area contributed by atoms with Gasteiger partial charge >= 0.3 is 0 Å². The summed E-state index contributed by atoms with van der Waals surface area (Å²) in [7, 11) is 0. The Morgan fingerprint density at radius 3 is 2.88 bits per heavy atom. The standard InChI is InChI=1S/C10H17N5O/c11-10-13-8-12-9(14-10)2-1-3-15-4-6-16-7-5-15/h8H,1-7H2,(H2,11,12,13,14). The van der Waals surface area contributed by atoms with Gasteiger partial charge in [0, 0.05) is 19.5 Å². The fourth-order valence-electron chi connectivity index (χ4n) is 1.75. The molecule has 88 valence electrons. The first kappa shape index (κ1) is 11.2. The van der Waals surface area contributed by atoms with Crippen molar-refractivity contribution >= 4 is 5.95 Å². The summed E-state index contributed by atoms with van der Waals surface area (Å²) >= 11 is 0. The number of hydrogen-bond acceptors (Lipinski definition) is 6. The van der Waals surface area contributed by atoms with Crippen LogP contribution in [0, 0.1) is 0 Å². The van der Waals surface area contributed by atoms with Crippen molar-refractivity contribution in [3.05, 3.63) is 12.2 Å². The number of morpholine rings is 1. The van der Waals surface area contributed by atoms with E-state index >= 15 is 0 Å². The van der Waals surface area contributed by atoms with E-state index in [2.05, 4.69) is 19.9 Å². The minimum absolute atomic E-state index is 0.302. The molecular weight excluding hydrogens is 206 g/mol. The zero-order valence-electron chi connectivity index (χ0n) is 9.30. The topological polar surface area (TPSA) is 77.2 Å². The van der Waals surface area contributed by atoms with E-state index in [1.54, 1.807) is 0 Å². The summed E-state index contributed by atoms with van der Waals surface area (Å²) in [5.41, 5.74) is 5.48. The Morgan fingerprint density at radius 2 is 2.12 bits per heavy atom. The molecule has 0 bridgehead atoms. The van der Waals surface area contributed by atoms with Crippen LogP contribution in [0.15, 0.2) is 6.33 Å². The van der Waals surface area contributed by atoms with Crippen LogP contribution in [0.3, 0.4) is 0 Å². The third-order valence-electron chi connectivity index (χ3n) is 2.62. The predicted molar refractivity (Wildman–Crippen MR) is 59.8 cm³/mol. The van der Waals surface area contributed by atoms with Crippen molar-refractivity contribution in [3.63, 3.8) is 0 Å². The molecule has 1 fully saturated rings. The fourth-order valence-corrected chi connectivity index (χ4v) is 1.75. The molecule has 16 heavy (non-hydrogen) atoms. The van der Waals surface area contributed by atoms with Crippen LogP contribution in [-0.4, -0.2) is 52.7 Å². The monoisotopic (exact) mass is 223 g/mol. The number of anilines is 1. The SMILES string of the molecule is Nc1ncnc(CCCN2CCOCC2)n1. The van der Waals surface area contributed by atoms with Crippen molar-refractivity contribution in [3.8, 4) is 0 Å². The Balaban J connectivity index is 1.71. The van der Waals surface area contributed by atoms with Gasteiger partial charge in [-0.05, 0) is 13.0 Å². The second-order valence-electron chi connectivity index (χ2n) is 3.82. The lowest BCUT2D eigenvalue weighted by Crippen LogP contribution is -2.37. The van der Waals surface area contributed by atoms with Crippen molar-refractivity contribution in [2.24, 2.45) is 0 Å². The minimum Gasteiger partial charge on any atom is -0.379 e. The minimum atomic E-state index is 0.302. The van der Waals surface area contributed by atoms with Gasteiger partial charge in [0.05, 0.1) is 13.2 Å². The Bertz CT molecular complexity index is 327. The Labute approximate surface area is 94.9 Å². The Kier molecular flexibility index (Phi) is 4.01. The number of rotatable bonds is 4. The number of nitrogens with two attached hydrogens (primary N) is 1. The quantitative estimate of drug-likeness (QED) is 0.756. The first-order valence-corrected chi connectivity index (χ1v) is 5.58. The highest BCUT2D eigenvalue weighted by Crippen LogP contribution is 2.01. The van der Waals surface area contributed by atoms with E-state index < -0.39 is 0 Å². The molecule has 1 aliphatic heterocycles. The molecule has 0 spiro atoms. The van der Waals surface area contributed by atoms with Gasteiger partial charge in [0.1, 0.15) is 12.2 Å². The summed E-state index contributed by atoms with van der Waals surface area (Å²) in [5, 5.41) is 0. The van der Waals surface area contributed by atoms with Crippen LogP contribution >= 0.6 is 0 Å². The van der Waals surface area contributed by atoms with E-state index in [9.17, 15) is 0 Å². The van der Waals surface area contributed by atoms with E-state index in [1.165, 1.54) is 6.33 Å². The van der Waals surface area contributed by atoms with Crippen LogP contribution < -0.4 is 5.73 Å². The van der Waals surface area contributed by atoms with Crippen molar-refractivity contribution in [2.45, 2.75) is 12.8 Å². The molecule has 6 nitrogen and oxygen atoms in total. The zero-order valence-corrected chi connectivity index (χ0v) is 9.30. The highest BCUT2D eigenvalue weighted by molar-refractivity contribution is 5.12. The van der Waals surface area contributed by atoms with Gasteiger partial charge < -0.3 is 10.5 Å². The molecule has 6 heteroatoms. The largest absolute Gasteiger partial charge is 0.379 e. The van der Waals surface area contributed by atoms with Crippen LogP contribution in [0.5, 0.6) is 0 Å². The normalized spacial score (nSPS) is 17.5. The molecule has 1 saturated heterocycles. The van der Waals surface area contributed by atoms with Gasteiger partial charge in [-0.2, -0.15) is 4.98 Å². The Morgan fingerprint density at radius 1 is 1.31 bits per heavy atom. The molecule has 0 unspecified atom stereocenters. The van der Waals surface area contributed by atoms with Crippen LogP contribution in [-0.2, 0) is 11.2 Å². The predicted octanol–water partition coefficient (Wildman–Crippen LogP) is -0.281. The molecule has 1 aliphatic rings. The maximum atomic E-state index is 5.48. The van der Waals surface area contributed by atoms with Crippen LogP contribution in [0.4, 0.5) is 5.95 Å². The molecule has 0 aliphatic carbocycles. The molecule has 0 radical (unpaired) electrons. The highest BCUT2D eigenvalue weighted by Gasteiger charge is 2.09. The molecular formula is C10H17N5O. The van der Waals surface area contributed by atoms with Gasteiger partial charge in [0.2, 0.25) is 5.95 Å². The number of aromatic nitrogens is 3. The molecule has 0 saturated carbocycles. The van der Waals surface area contributed by atoms with Crippen LogP contribution in [0.1, 0.15) is 12.2 Å². The van der Waals surface area contributed by atoms with Crippen LogP contribution in [0.2, 0.25) is 0 Å². The Hall–Kier alpha value is -1.27. The average molecular weight is 223 g/mol. The lowest BCUT2D eigenvalue weighted by Gasteiger charge is -2.26. The van der Waals surface area contributed by atoms with E-state index in [1.807, 2.05) is 0 Å². The van der Waals surface area contributed by atoms with Gasteiger partial charge in [-0.15, -0.1) is 0 Å². The van der Waals surface area contributed by atoms with E-state index in [-0.39, 0.29) is 0 Å². The second kappa shape index (κ2) is 5.72. The first-order chi connectivity index (χ1) is 7.84. The average Bonchev–Trinajstić information content (AvgIpc) is 2.30. The molecule has 2 N–H and O–H groups in total. The summed E-state index contributed by atoms with van der Waals surface area (Å²) < 4.78 is 5.29. The van der Waals surface area contributed by atoms with E-state index in [0.29, 0.717) is 5.95 Å². The molecule has 0 amide bonds. The van der Waals surface area contributed by atoms with E-state index in [4.69, 9.17) is 10.5 Å². The lowest BCUT2D eigenvalue weighted by atomic mass is 10.2. The van der Waals surface area contributed by atoms with Gasteiger partial charge in [-0.3, -0.25) is 4.90 Å². The maximum Gasteiger partial charge on any atom is 0.223 e.